The fraction of sp³-hybridized carbons (Fsp3) is 0.200. The van der Waals surface area contributed by atoms with Gasteiger partial charge in [0.05, 0.1) is 24.4 Å². The van der Waals surface area contributed by atoms with Crippen molar-refractivity contribution in [3.8, 4) is 0 Å². The van der Waals surface area contributed by atoms with E-state index in [0.29, 0.717) is 11.3 Å². The molecule has 1 heterocycles. The van der Waals surface area contributed by atoms with E-state index in [1.165, 1.54) is 13.3 Å². The molecule has 0 aliphatic heterocycles. The average molecular weight is 192 g/mol. The van der Waals surface area contributed by atoms with Crippen molar-refractivity contribution in [3.05, 3.63) is 42.2 Å². The highest BCUT2D eigenvalue weighted by Crippen LogP contribution is 2.09. The minimum atomic E-state index is -0.406. The number of carbonyl (C=O) groups is 1. The monoisotopic (exact) mass is 192 g/mol. The Kier molecular flexibility index (Phi) is 3.36. The molecule has 0 aliphatic rings. The standard InChI is InChI=1S/C10H12N2O2/c1-3-8(11)9-5-4-7(6-12-9)10(13)14-2/h3-6,8H,1,11H2,2H3. The summed E-state index contributed by atoms with van der Waals surface area (Å²) in [5, 5.41) is 0. The Balaban J connectivity index is 2.88. The Bertz CT molecular complexity index is 332. The molecule has 0 saturated heterocycles. The lowest BCUT2D eigenvalue weighted by molar-refractivity contribution is 0.0600. The summed E-state index contributed by atoms with van der Waals surface area (Å²) in [7, 11) is 1.33. The van der Waals surface area contributed by atoms with Gasteiger partial charge in [0, 0.05) is 6.20 Å². The maximum Gasteiger partial charge on any atom is 0.339 e. The van der Waals surface area contributed by atoms with Gasteiger partial charge in [-0.05, 0) is 12.1 Å². The normalized spacial score (nSPS) is 11.9. The number of methoxy groups -OCH3 is 1. The van der Waals surface area contributed by atoms with Crippen LogP contribution in [0.5, 0.6) is 0 Å². The predicted octanol–water partition coefficient (Wildman–Crippen LogP) is 1.05. The Morgan fingerprint density at radius 3 is 2.86 bits per heavy atom. The number of nitrogens with two attached hydrogens (primary N) is 1. The van der Waals surface area contributed by atoms with E-state index in [2.05, 4.69) is 16.3 Å². The van der Waals surface area contributed by atoms with E-state index in [0.717, 1.165) is 0 Å². The summed E-state index contributed by atoms with van der Waals surface area (Å²) in [6.07, 6.45) is 3.02. The van der Waals surface area contributed by atoms with Crippen molar-refractivity contribution < 1.29 is 9.53 Å². The van der Waals surface area contributed by atoms with Gasteiger partial charge in [-0.1, -0.05) is 6.08 Å². The number of carbonyl (C=O) groups excluding carboxylic acids is 1. The van der Waals surface area contributed by atoms with Crippen LogP contribution in [0.25, 0.3) is 0 Å². The first-order chi connectivity index (χ1) is 6.69. The lowest BCUT2D eigenvalue weighted by Crippen LogP contribution is -2.09. The van der Waals surface area contributed by atoms with E-state index >= 15 is 0 Å². The lowest BCUT2D eigenvalue weighted by atomic mass is 10.2. The van der Waals surface area contributed by atoms with Gasteiger partial charge in [0.25, 0.3) is 0 Å². The Labute approximate surface area is 82.4 Å². The molecule has 0 radical (unpaired) electrons. The zero-order chi connectivity index (χ0) is 10.6. The van der Waals surface area contributed by atoms with Gasteiger partial charge < -0.3 is 10.5 Å². The number of hydrogen-bond donors (Lipinski definition) is 1. The first-order valence-electron chi connectivity index (χ1n) is 4.11. The molecule has 4 nitrogen and oxygen atoms in total. The highest BCUT2D eigenvalue weighted by molar-refractivity contribution is 5.88. The molecule has 0 aliphatic carbocycles. The number of aromatic nitrogens is 1. The lowest BCUT2D eigenvalue weighted by Gasteiger charge is -2.05. The molecule has 0 saturated carbocycles. The van der Waals surface area contributed by atoms with Crippen LogP contribution in [0.2, 0.25) is 0 Å². The highest BCUT2D eigenvalue weighted by Gasteiger charge is 2.07. The van der Waals surface area contributed by atoms with Crippen LogP contribution >= 0.6 is 0 Å². The van der Waals surface area contributed by atoms with Crippen molar-refractivity contribution >= 4 is 5.97 Å². The molecular formula is C10H12N2O2. The molecule has 4 heteroatoms. The molecule has 0 bridgehead atoms. The van der Waals surface area contributed by atoms with Crippen LogP contribution in [0, 0.1) is 0 Å². The van der Waals surface area contributed by atoms with Gasteiger partial charge in [-0.25, -0.2) is 4.79 Å². The minimum Gasteiger partial charge on any atom is -0.465 e. The van der Waals surface area contributed by atoms with E-state index in [-0.39, 0.29) is 6.04 Å². The molecule has 74 valence electrons. The van der Waals surface area contributed by atoms with E-state index in [1.54, 1.807) is 18.2 Å². The van der Waals surface area contributed by atoms with Gasteiger partial charge in [0.2, 0.25) is 0 Å². The fourth-order valence-corrected chi connectivity index (χ4v) is 0.962. The van der Waals surface area contributed by atoms with Crippen molar-refractivity contribution in [2.75, 3.05) is 7.11 Å². The van der Waals surface area contributed by atoms with Crippen LogP contribution in [-0.4, -0.2) is 18.1 Å². The van der Waals surface area contributed by atoms with Gasteiger partial charge >= 0.3 is 5.97 Å². The average Bonchev–Trinajstić information content (AvgIpc) is 2.27. The van der Waals surface area contributed by atoms with E-state index in [4.69, 9.17) is 5.73 Å². The Hall–Kier alpha value is -1.68. The van der Waals surface area contributed by atoms with E-state index in [1.807, 2.05) is 0 Å². The van der Waals surface area contributed by atoms with Crippen molar-refractivity contribution in [3.63, 3.8) is 0 Å². The molecule has 1 atom stereocenters. The Morgan fingerprint density at radius 1 is 1.71 bits per heavy atom. The van der Waals surface area contributed by atoms with Crippen LogP contribution < -0.4 is 5.73 Å². The summed E-state index contributed by atoms with van der Waals surface area (Å²) >= 11 is 0. The summed E-state index contributed by atoms with van der Waals surface area (Å²) < 4.78 is 4.53. The molecule has 1 rings (SSSR count). The molecule has 0 spiro atoms. The second-order valence-corrected chi connectivity index (χ2v) is 2.72. The molecule has 1 unspecified atom stereocenters. The second kappa shape index (κ2) is 4.53. The Morgan fingerprint density at radius 2 is 2.43 bits per heavy atom. The summed E-state index contributed by atoms with van der Waals surface area (Å²) in [6.45, 7) is 3.55. The second-order valence-electron chi connectivity index (χ2n) is 2.72. The van der Waals surface area contributed by atoms with Gasteiger partial charge in [0.1, 0.15) is 0 Å². The predicted molar refractivity (Wildman–Crippen MR) is 52.7 cm³/mol. The third-order valence-corrected chi connectivity index (χ3v) is 1.80. The van der Waals surface area contributed by atoms with Crippen molar-refractivity contribution in [2.24, 2.45) is 5.73 Å². The van der Waals surface area contributed by atoms with Crippen molar-refractivity contribution in [2.45, 2.75) is 6.04 Å². The first kappa shape index (κ1) is 10.4. The minimum absolute atomic E-state index is 0.304. The SMILES string of the molecule is C=CC(N)c1ccc(C(=O)OC)cn1. The number of hydrogen-bond acceptors (Lipinski definition) is 4. The summed E-state index contributed by atoms with van der Waals surface area (Å²) in [4.78, 5) is 15.1. The number of rotatable bonds is 3. The zero-order valence-corrected chi connectivity index (χ0v) is 7.93. The topological polar surface area (TPSA) is 65.2 Å². The fourth-order valence-electron chi connectivity index (χ4n) is 0.962. The number of nitrogens with zero attached hydrogens (tertiary/aromatic N) is 1. The third kappa shape index (κ3) is 2.17. The van der Waals surface area contributed by atoms with E-state index in [9.17, 15) is 4.79 Å². The quantitative estimate of drug-likeness (QED) is 0.574. The van der Waals surface area contributed by atoms with Crippen LogP contribution in [0.15, 0.2) is 31.0 Å². The van der Waals surface area contributed by atoms with E-state index < -0.39 is 5.97 Å². The number of esters is 1. The van der Waals surface area contributed by atoms with Crippen LogP contribution in [0.4, 0.5) is 0 Å². The molecule has 2 N–H and O–H groups in total. The maximum absolute atomic E-state index is 11.1. The first-order valence-corrected chi connectivity index (χ1v) is 4.11. The molecule has 0 aromatic carbocycles. The summed E-state index contributed by atoms with van der Waals surface area (Å²) in [6, 6.07) is 3.00. The number of pyridine rings is 1. The van der Waals surface area contributed by atoms with Gasteiger partial charge in [0.15, 0.2) is 0 Å². The van der Waals surface area contributed by atoms with Crippen LogP contribution in [0.3, 0.4) is 0 Å². The molecule has 0 fully saturated rings. The summed E-state index contributed by atoms with van der Waals surface area (Å²) in [5.74, 6) is -0.406. The molecule has 1 aromatic heterocycles. The largest absolute Gasteiger partial charge is 0.465 e. The molecule has 1 aromatic rings. The maximum atomic E-state index is 11.1. The van der Waals surface area contributed by atoms with Gasteiger partial charge in [-0.15, -0.1) is 6.58 Å². The third-order valence-electron chi connectivity index (χ3n) is 1.80. The van der Waals surface area contributed by atoms with Crippen LogP contribution in [-0.2, 0) is 4.74 Å². The molecular weight excluding hydrogens is 180 g/mol. The van der Waals surface area contributed by atoms with Gasteiger partial charge in [-0.2, -0.15) is 0 Å². The van der Waals surface area contributed by atoms with Crippen molar-refractivity contribution in [1.82, 2.24) is 4.98 Å². The summed E-state index contributed by atoms with van der Waals surface area (Å²) in [5.41, 5.74) is 6.74. The molecule has 0 amide bonds. The number of ether oxygens (including phenoxy) is 1. The zero-order valence-electron chi connectivity index (χ0n) is 7.93. The smallest absolute Gasteiger partial charge is 0.339 e. The van der Waals surface area contributed by atoms with Gasteiger partial charge in [-0.3, -0.25) is 4.98 Å². The highest BCUT2D eigenvalue weighted by atomic mass is 16.5. The van der Waals surface area contributed by atoms with Crippen molar-refractivity contribution in [1.29, 1.82) is 0 Å². The van der Waals surface area contributed by atoms with Crippen LogP contribution in [0.1, 0.15) is 22.1 Å². The molecule has 14 heavy (non-hydrogen) atoms.